The third-order valence-corrected chi connectivity index (χ3v) is 2.71. The van der Waals surface area contributed by atoms with Gasteiger partial charge < -0.3 is 14.8 Å². The first-order chi connectivity index (χ1) is 8.16. The molecule has 0 aliphatic heterocycles. The summed E-state index contributed by atoms with van der Waals surface area (Å²) in [5, 5.41) is 8.69. The van der Waals surface area contributed by atoms with E-state index in [1.807, 2.05) is 24.3 Å². The molecule has 88 valence electrons. The van der Waals surface area contributed by atoms with Gasteiger partial charge in [0.1, 0.15) is 12.4 Å². The zero-order valence-corrected chi connectivity index (χ0v) is 10.3. The van der Waals surface area contributed by atoms with Gasteiger partial charge in [-0.3, -0.25) is 0 Å². The van der Waals surface area contributed by atoms with Crippen LogP contribution >= 0.6 is 15.9 Å². The van der Waals surface area contributed by atoms with Crippen LogP contribution < -0.4 is 4.74 Å². The lowest BCUT2D eigenvalue weighted by Crippen LogP contribution is -2.00. The minimum Gasteiger partial charge on any atom is -0.486 e. The van der Waals surface area contributed by atoms with Crippen LogP contribution in [0.25, 0.3) is 0 Å². The molecule has 0 saturated carbocycles. The molecule has 0 unspecified atom stereocenters. The molecule has 2 rings (SSSR count). The number of benzene rings is 1. The van der Waals surface area contributed by atoms with E-state index in [1.165, 1.54) is 6.20 Å². The molecule has 0 spiro atoms. The topological polar surface area (TPSA) is 75.2 Å². The summed E-state index contributed by atoms with van der Waals surface area (Å²) in [7, 11) is 0. The van der Waals surface area contributed by atoms with Crippen molar-refractivity contribution in [2.45, 2.75) is 6.61 Å². The van der Waals surface area contributed by atoms with Crippen molar-refractivity contribution in [1.29, 1.82) is 0 Å². The number of halogens is 1. The molecule has 0 radical (unpaired) electrons. The Morgan fingerprint density at radius 1 is 1.47 bits per heavy atom. The second-order valence-electron chi connectivity index (χ2n) is 3.28. The average Bonchev–Trinajstić information content (AvgIpc) is 2.77. The van der Waals surface area contributed by atoms with Crippen molar-refractivity contribution in [3.63, 3.8) is 0 Å². The number of aromatic carboxylic acids is 1. The first kappa shape index (κ1) is 11.7. The summed E-state index contributed by atoms with van der Waals surface area (Å²) in [6, 6.07) is 7.43. The predicted octanol–water partition coefficient (Wildman–Crippen LogP) is 2.45. The van der Waals surface area contributed by atoms with Crippen LogP contribution in [0.4, 0.5) is 0 Å². The highest BCUT2D eigenvalue weighted by Crippen LogP contribution is 2.24. The van der Waals surface area contributed by atoms with Crippen molar-refractivity contribution in [1.82, 2.24) is 9.97 Å². The van der Waals surface area contributed by atoms with E-state index in [2.05, 4.69) is 25.9 Å². The molecule has 1 heterocycles. The summed E-state index contributed by atoms with van der Waals surface area (Å²) in [6.07, 6.45) is 1.44. The fraction of sp³-hybridized carbons (Fsp3) is 0.0909. The number of rotatable bonds is 4. The van der Waals surface area contributed by atoms with Gasteiger partial charge in [0.2, 0.25) is 5.82 Å². The SMILES string of the molecule is O=C(O)c1ncc(COc2ccccc2Br)[nH]1. The van der Waals surface area contributed by atoms with Gasteiger partial charge in [-0.2, -0.15) is 0 Å². The van der Waals surface area contributed by atoms with Crippen molar-refractivity contribution in [2.24, 2.45) is 0 Å². The molecule has 0 fully saturated rings. The van der Waals surface area contributed by atoms with E-state index in [-0.39, 0.29) is 12.4 Å². The molecule has 0 aliphatic rings. The maximum Gasteiger partial charge on any atom is 0.371 e. The number of nitrogens with zero attached hydrogens (tertiary/aromatic N) is 1. The Morgan fingerprint density at radius 2 is 2.24 bits per heavy atom. The second kappa shape index (κ2) is 5.01. The van der Waals surface area contributed by atoms with Gasteiger partial charge in [0.25, 0.3) is 0 Å². The summed E-state index contributed by atoms with van der Waals surface area (Å²) >= 11 is 3.35. The van der Waals surface area contributed by atoms with Gasteiger partial charge in [0.05, 0.1) is 16.4 Å². The third-order valence-electron chi connectivity index (χ3n) is 2.05. The molecule has 0 aliphatic carbocycles. The van der Waals surface area contributed by atoms with E-state index >= 15 is 0 Å². The largest absolute Gasteiger partial charge is 0.486 e. The standard InChI is InChI=1S/C11H9BrN2O3/c12-8-3-1-2-4-9(8)17-6-7-5-13-10(14-7)11(15)16/h1-5H,6H2,(H,13,14)(H,15,16). The van der Waals surface area contributed by atoms with E-state index in [4.69, 9.17) is 9.84 Å². The van der Waals surface area contributed by atoms with Crippen molar-refractivity contribution in [3.05, 3.63) is 46.5 Å². The Morgan fingerprint density at radius 3 is 2.88 bits per heavy atom. The third kappa shape index (κ3) is 2.85. The molecule has 6 heteroatoms. The first-order valence-corrected chi connectivity index (χ1v) is 5.60. The molecular weight excluding hydrogens is 288 g/mol. The summed E-state index contributed by atoms with van der Waals surface area (Å²) in [5.41, 5.74) is 0.609. The molecule has 0 atom stereocenters. The monoisotopic (exact) mass is 296 g/mol. The molecule has 0 amide bonds. The number of nitrogens with one attached hydrogen (secondary N) is 1. The summed E-state index contributed by atoms with van der Waals surface area (Å²) in [5.74, 6) is -0.480. The van der Waals surface area contributed by atoms with Crippen LogP contribution in [-0.4, -0.2) is 21.0 Å². The molecule has 2 aromatic rings. The lowest BCUT2D eigenvalue weighted by Gasteiger charge is -2.05. The number of carboxylic acid groups (broad SMARTS) is 1. The van der Waals surface area contributed by atoms with Gasteiger partial charge in [-0.25, -0.2) is 9.78 Å². The van der Waals surface area contributed by atoms with Gasteiger partial charge in [-0.05, 0) is 28.1 Å². The Balaban J connectivity index is 2.02. The lowest BCUT2D eigenvalue weighted by molar-refractivity contribution is 0.0684. The highest BCUT2D eigenvalue weighted by atomic mass is 79.9. The second-order valence-corrected chi connectivity index (χ2v) is 4.14. The molecule has 5 nitrogen and oxygen atoms in total. The van der Waals surface area contributed by atoms with E-state index in [0.717, 1.165) is 4.47 Å². The smallest absolute Gasteiger partial charge is 0.371 e. The van der Waals surface area contributed by atoms with Crippen molar-refractivity contribution >= 4 is 21.9 Å². The minimum absolute atomic E-state index is 0.0873. The van der Waals surface area contributed by atoms with Gasteiger partial charge >= 0.3 is 5.97 Å². The molecule has 17 heavy (non-hydrogen) atoms. The van der Waals surface area contributed by atoms with Crippen molar-refractivity contribution in [2.75, 3.05) is 0 Å². The van der Waals surface area contributed by atoms with Crippen LogP contribution in [0.15, 0.2) is 34.9 Å². The van der Waals surface area contributed by atoms with Gasteiger partial charge in [0, 0.05) is 0 Å². The zero-order valence-electron chi connectivity index (χ0n) is 8.68. The molecular formula is C11H9BrN2O3. The molecule has 1 aromatic heterocycles. The number of para-hydroxylation sites is 1. The maximum atomic E-state index is 10.6. The Bertz CT molecular complexity index is 539. The quantitative estimate of drug-likeness (QED) is 0.909. The highest BCUT2D eigenvalue weighted by molar-refractivity contribution is 9.10. The van der Waals surface area contributed by atoms with Crippen LogP contribution in [0.2, 0.25) is 0 Å². The van der Waals surface area contributed by atoms with Crippen LogP contribution in [0.5, 0.6) is 5.75 Å². The number of ether oxygens (including phenoxy) is 1. The van der Waals surface area contributed by atoms with Gasteiger partial charge in [-0.1, -0.05) is 12.1 Å². The number of carbonyl (C=O) groups is 1. The van der Waals surface area contributed by atoms with E-state index < -0.39 is 5.97 Å². The van der Waals surface area contributed by atoms with E-state index in [1.54, 1.807) is 0 Å². The fourth-order valence-corrected chi connectivity index (χ4v) is 1.66. The van der Waals surface area contributed by atoms with Crippen LogP contribution in [-0.2, 0) is 6.61 Å². The fourth-order valence-electron chi connectivity index (χ4n) is 1.26. The Kier molecular flexibility index (Phi) is 3.43. The molecule has 0 saturated heterocycles. The number of imidazole rings is 1. The van der Waals surface area contributed by atoms with E-state index in [0.29, 0.717) is 11.4 Å². The molecule has 1 aromatic carbocycles. The number of H-pyrrole nitrogens is 1. The van der Waals surface area contributed by atoms with E-state index in [9.17, 15) is 4.79 Å². The number of hydrogen-bond acceptors (Lipinski definition) is 3. The lowest BCUT2D eigenvalue weighted by atomic mass is 10.3. The van der Waals surface area contributed by atoms with Crippen LogP contribution in [0, 0.1) is 0 Å². The predicted molar refractivity (Wildman–Crippen MR) is 64.0 cm³/mol. The number of carboxylic acids is 1. The van der Waals surface area contributed by atoms with Gasteiger partial charge in [0.15, 0.2) is 0 Å². The van der Waals surface area contributed by atoms with Crippen LogP contribution in [0.3, 0.4) is 0 Å². The maximum absolute atomic E-state index is 10.6. The number of hydrogen-bond donors (Lipinski definition) is 2. The zero-order chi connectivity index (χ0) is 12.3. The summed E-state index contributed by atoms with van der Waals surface area (Å²) in [4.78, 5) is 17.0. The summed E-state index contributed by atoms with van der Waals surface area (Å²) in [6.45, 7) is 0.239. The molecule has 0 bridgehead atoms. The average molecular weight is 297 g/mol. The minimum atomic E-state index is -1.09. The number of aromatic nitrogens is 2. The van der Waals surface area contributed by atoms with Crippen molar-refractivity contribution < 1.29 is 14.6 Å². The summed E-state index contributed by atoms with van der Waals surface area (Å²) < 4.78 is 6.35. The Hall–Kier alpha value is -1.82. The van der Waals surface area contributed by atoms with Gasteiger partial charge in [-0.15, -0.1) is 0 Å². The Labute approximate surface area is 106 Å². The molecule has 2 N–H and O–H groups in total. The van der Waals surface area contributed by atoms with Crippen molar-refractivity contribution in [3.8, 4) is 5.75 Å². The first-order valence-electron chi connectivity index (χ1n) is 4.81. The number of aromatic amines is 1. The van der Waals surface area contributed by atoms with Crippen LogP contribution in [0.1, 0.15) is 16.3 Å². The normalized spacial score (nSPS) is 10.2. The highest BCUT2D eigenvalue weighted by Gasteiger charge is 2.08.